The summed E-state index contributed by atoms with van der Waals surface area (Å²) in [5.41, 5.74) is 3.73. The van der Waals surface area contributed by atoms with Crippen LogP contribution in [-0.2, 0) is 24.4 Å². The number of piperidine rings is 1. The van der Waals surface area contributed by atoms with Crippen LogP contribution >= 0.6 is 0 Å². The largest absolute Gasteiger partial charge is 0.760 e. The van der Waals surface area contributed by atoms with Crippen molar-refractivity contribution in [1.29, 1.82) is 0 Å². The number of nitrogens with zero attached hydrogens (tertiary/aromatic N) is 4. The monoisotopic (exact) mass is 428 g/mol. The lowest BCUT2D eigenvalue weighted by atomic mass is 9.88. The van der Waals surface area contributed by atoms with Gasteiger partial charge in [-0.1, -0.05) is 35.5 Å². The second-order valence-corrected chi connectivity index (χ2v) is 8.24. The first-order valence-corrected chi connectivity index (χ1v) is 11.0. The summed E-state index contributed by atoms with van der Waals surface area (Å²) in [5.74, 6) is 0.162. The number of nitrogens with one attached hydrogen (secondary N) is 1. The standard InChI is InChI=1S/C21H24FN5O2S/c22-19-5-2-6-21(12-19)27-15-20(24-25-27)14-26-9-7-17(8-10-26)18-4-1-3-16(11-18)13-23-30(28)29/h1-6,11-12,15,17,23H,7-10,13-14H2,(H,28,29)/p-1. The second kappa shape index (κ2) is 9.57. The average molecular weight is 429 g/mol. The molecule has 158 valence electrons. The number of rotatable bonds is 7. The van der Waals surface area contributed by atoms with Gasteiger partial charge in [0.05, 0.1) is 17.6 Å². The first-order chi connectivity index (χ1) is 14.6. The van der Waals surface area contributed by atoms with Crippen molar-refractivity contribution in [3.05, 3.63) is 77.4 Å². The van der Waals surface area contributed by atoms with Gasteiger partial charge in [0, 0.05) is 24.4 Å². The van der Waals surface area contributed by atoms with Crippen molar-refractivity contribution in [1.82, 2.24) is 24.6 Å². The Bertz CT molecular complexity index is 1020. The van der Waals surface area contributed by atoms with Crippen LogP contribution in [0, 0.1) is 5.82 Å². The van der Waals surface area contributed by atoms with Gasteiger partial charge in [-0.25, -0.2) is 13.8 Å². The van der Waals surface area contributed by atoms with E-state index in [1.54, 1.807) is 16.8 Å². The molecule has 0 amide bonds. The summed E-state index contributed by atoms with van der Waals surface area (Å²) in [6.07, 6.45) is 3.90. The zero-order valence-electron chi connectivity index (χ0n) is 16.4. The van der Waals surface area contributed by atoms with Crippen molar-refractivity contribution < 1.29 is 13.2 Å². The zero-order valence-corrected chi connectivity index (χ0v) is 17.2. The molecule has 0 spiro atoms. The molecular weight excluding hydrogens is 405 g/mol. The number of hydrogen-bond acceptors (Lipinski definition) is 5. The number of likely N-dealkylation sites (tertiary alicyclic amines) is 1. The van der Waals surface area contributed by atoms with Gasteiger partial charge in [-0.05, 0) is 61.2 Å². The lowest BCUT2D eigenvalue weighted by Gasteiger charge is -2.31. The van der Waals surface area contributed by atoms with Crippen LogP contribution in [0.25, 0.3) is 5.69 Å². The van der Waals surface area contributed by atoms with E-state index in [-0.39, 0.29) is 5.82 Å². The molecule has 2 aromatic carbocycles. The SMILES string of the molecule is O=S([O-])NCc1cccc(C2CCN(Cc3cn(-c4cccc(F)c4)nn3)CC2)c1. The van der Waals surface area contributed by atoms with E-state index in [2.05, 4.69) is 32.1 Å². The van der Waals surface area contributed by atoms with Gasteiger partial charge < -0.3 is 4.55 Å². The number of hydrogen-bond donors (Lipinski definition) is 1. The van der Waals surface area contributed by atoms with Crippen molar-refractivity contribution in [3.63, 3.8) is 0 Å². The molecule has 30 heavy (non-hydrogen) atoms. The maximum Gasteiger partial charge on any atom is 0.125 e. The molecule has 9 heteroatoms. The molecule has 1 N–H and O–H groups in total. The number of benzene rings is 2. The Morgan fingerprint density at radius 2 is 1.97 bits per heavy atom. The molecule has 7 nitrogen and oxygen atoms in total. The second-order valence-electron chi connectivity index (χ2n) is 7.49. The lowest BCUT2D eigenvalue weighted by Crippen LogP contribution is -2.32. The maximum atomic E-state index is 13.4. The van der Waals surface area contributed by atoms with E-state index in [4.69, 9.17) is 0 Å². The molecule has 1 aliphatic heterocycles. The molecule has 0 saturated carbocycles. The van der Waals surface area contributed by atoms with Gasteiger partial charge in [-0.15, -0.1) is 5.10 Å². The predicted molar refractivity (Wildman–Crippen MR) is 111 cm³/mol. The summed E-state index contributed by atoms with van der Waals surface area (Å²) in [6.45, 7) is 2.92. The van der Waals surface area contributed by atoms with Gasteiger partial charge in [-0.3, -0.25) is 9.11 Å². The van der Waals surface area contributed by atoms with E-state index < -0.39 is 11.3 Å². The van der Waals surface area contributed by atoms with E-state index >= 15 is 0 Å². The fourth-order valence-corrected chi connectivity index (χ4v) is 4.15. The topological polar surface area (TPSA) is 86.1 Å². The summed E-state index contributed by atoms with van der Waals surface area (Å²) >= 11 is -2.25. The highest BCUT2D eigenvalue weighted by atomic mass is 32.2. The fourth-order valence-electron chi connectivity index (χ4n) is 3.87. The lowest BCUT2D eigenvalue weighted by molar-refractivity contribution is 0.202. The van der Waals surface area contributed by atoms with Crippen LogP contribution in [0.5, 0.6) is 0 Å². The van der Waals surface area contributed by atoms with Crippen molar-refractivity contribution in [2.24, 2.45) is 0 Å². The van der Waals surface area contributed by atoms with Gasteiger partial charge in [-0.2, -0.15) is 0 Å². The molecule has 4 rings (SSSR count). The van der Waals surface area contributed by atoms with E-state index in [1.165, 1.54) is 17.7 Å². The molecule has 2 heterocycles. The van der Waals surface area contributed by atoms with Crippen LogP contribution in [0.15, 0.2) is 54.7 Å². The first kappa shape index (κ1) is 20.8. The fraction of sp³-hybridized carbons (Fsp3) is 0.333. The van der Waals surface area contributed by atoms with E-state index in [1.807, 2.05) is 18.3 Å². The Labute approximate surface area is 177 Å². The Balaban J connectivity index is 1.32. The third-order valence-corrected chi connectivity index (χ3v) is 5.78. The third-order valence-electron chi connectivity index (χ3n) is 5.40. The molecule has 1 unspecified atom stereocenters. The summed E-state index contributed by atoms with van der Waals surface area (Å²) in [6, 6.07) is 14.4. The van der Waals surface area contributed by atoms with Crippen LogP contribution in [0.1, 0.15) is 35.6 Å². The van der Waals surface area contributed by atoms with Gasteiger partial charge in [0.2, 0.25) is 0 Å². The predicted octanol–water partition coefficient (Wildman–Crippen LogP) is 2.67. The first-order valence-electron chi connectivity index (χ1n) is 9.88. The van der Waals surface area contributed by atoms with E-state index in [0.717, 1.165) is 37.2 Å². The quantitative estimate of drug-likeness (QED) is 0.585. The normalized spacial score (nSPS) is 16.6. The highest BCUT2D eigenvalue weighted by Gasteiger charge is 2.21. The van der Waals surface area contributed by atoms with Crippen LogP contribution < -0.4 is 4.72 Å². The summed E-state index contributed by atoms with van der Waals surface area (Å²) in [7, 11) is 0. The zero-order chi connectivity index (χ0) is 20.9. The summed E-state index contributed by atoms with van der Waals surface area (Å²) in [5, 5.41) is 8.35. The van der Waals surface area contributed by atoms with Gasteiger partial charge in [0.15, 0.2) is 0 Å². The average Bonchev–Trinajstić information content (AvgIpc) is 3.22. The van der Waals surface area contributed by atoms with Gasteiger partial charge >= 0.3 is 0 Å². The summed E-state index contributed by atoms with van der Waals surface area (Å²) in [4.78, 5) is 2.35. The molecule has 1 fully saturated rings. The molecule has 0 radical (unpaired) electrons. The van der Waals surface area contributed by atoms with Crippen molar-refractivity contribution in [2.45, 2.75) is 31.8 Å². The highest BCUT2D eigenvalue weighted by Crippen LogP contribution is 2.29. The smallest absolute Gasteiger partial charge is 0.125 e. The van der Waals surface area contributed by atoms with Crippen molar-refractivity contribution in [2.75, 3.05) is 13.1 Å². The molecule has 0 bridgehead atoms. The number of halogens is 1. The van der Waals surface area contributed by atoms with Gasteiger partial charge in [0.25, 0.3) is 0 Å². The molecule has 3 aromatic rings. The molecule has 1 saturated heterocycles. The van der Waals surface area contributed by atoms with E-state index in [9.17, 15) is 13.2 Å². The molecular formula is C21H23FN5O2S-. The van der Waals surface area contributed by atoms with Crippen LogP contribution in [0.2, 0.25) is 0 Å². The molecule has 0 aliphatic carbocycles. The third kappa shape index (κ3) is 5.37. The number of aromatic nitrogens is 3. The molecule has 1 atom stereocenters. The minimum absolute atomic E-state index is 0.298. The molecule has 1 aliphatic rings. The van der Waals surface area contributed by atoms with Gasteiger partial charge in [0.1, 0.15) is 5.82 Å². The Kier molecular flexibility index (Phi) is 6.63. The Morgan fingerprint density at radius 1 is 1.17 bits per heavy atom. The molecule has 1 aromatic heterocycles. The maximum absolute atomic E-state index is 13.4. The van der Waals surface area contributed by atoms with Crippen molar-refractivity contribution in [3.8, 4) is 5.69 Å². The van der Waals surface area contributed by atoms with Crippen LogP contribution in [-0.4, -0.2) is 41.7 Å². The van der Waals surface area contributed by atoms with Crippen molar-refractivity contribution >= 4 is 11.3 Å². The van der Waals surface area contributed by atoms with Crippen LogP contribution in [0.3, 0.4) is 0 Å². The summed E-state index contributed by atoms with van der Waals surface area (Å²) < 4.78 is 38.8. The highest BCUT2D eigenvalue weighted by molar-refractivity contribution is 7.77. The minimum Gasteiger partial charge on any atom is -0.760 e. The Hall–Kier alpha value is -2.46. The van der Waals surface area contributed by atoms with E-state index in [0.29, 0.717) is 24.7 Å². The van der Waals surface area contributed by atoms with Crippen LogP contribution in [0.4, 0.5) is 4.39 Å². The Morgan fingerprint density at radius 3 is 2.73 bits per heavy atom. The minimum atomic E-state index is -2.25.